The number of hydrogen-bond donors (Lipinski definition) is 0. The molecule has 0 fully saturated rings. The average Bonchev–Trinajstić information content (AvgIpc) is 3.33. The summed E-state index contributed by atoms with van der Waals surface area (Å²) >= 11 is 0. The van der Waals surface area contributed by atoms with E-state index >= 15 is 0 Å². The van der Waals surface area contributed by atoms with E-state index in [2.05, 4.69) is 130 Å². The van der Waals surface area contributed by atoms with Crippen molar-refractivity contribution in [3.63, 3.8) is 0 Å². The predicted octanol–water partition coefficient (Wildman–Crippen LogP) is 18.3. The Hall–Kier alpha value is -3.93. The van der Waals surface area contributed by atoms with E-state index < -0.39 is 6.10 Å². The van der Waals surface area contributed by atoms with Crippen LogP contribution in [0.2, 0.25) is 0 Å². The van der Waals surface area contributed by atoms with Gasteiger partial charge in [0.2, 0.25) is 0 Å². The highest BCUT2D eigenvalue weighted by Gasteiger charge is 2.19. The average molecular weight is 929 g/mol. The van der Waals surface area contributed by atoms with Crippen LogP contribution in [0.25, 0.3) is 0 Å². The van der Waals surface area contributed by atoms with Crippen LogP contribution in [-0.4, -0.2) is 37.2 Å². The quantitative estimate of drug-likeness (QED) is 0.0262. The van der Waals surface area contributed by atoms with Gasteiger partial charge in [-0.25, -0.2) is 0 Å². The fourth-order valence-corrected chi connectivity index (χ4v) is 7.18. The van der Waals surface area contributed by atoms with Gasteiger partial charge in [-0.15, -0.1) is 0 Å². The van der Waals surface area contributed by atoms with Gasteiger partial charge < -0.3 is 14.2 Å². The minimum Gasteiger partial charge on any atom is -0.462 e. The van der Waals surface area contributed by atoms with Crippen LogP contribution in [0.1, 0.15) is 239 Å². The Kier molecular flexibility index (Phi) is 51.5. The second kappa shape index (κ2) is 54.7. The lowest BCUT2D eigenvalue weighted by Crippen LogP contribution is -2.30. The first kappa shape index (κ1) is 63.1. The third kappa shape index (κ3) is 52.9. The molecule has 0 saturated carbocycles. The largest absolute Gasteiger partial charge is 0.462 e. The third-order valence-corrected chi connectivity index (χ3v) is 11.3. The van der Waals surface area contributed by atoms with E-state index in [0.717, 1.165) is 83.5 Å². The van der Waals surface area contributed by atoms with E-state index in [9.17, 15) is 14.4 Å². The van der Waals surface area contributed by atoms with E-state index in [0.29, 0.717) is 19.3 Å². The number of carbonyl (C=O) groups is 3. The first-order chi connectivity index (χ1) is 33.0. The minimum absolute atomic E-state index is 0.117. The van der Waals surface area contributed by atoms with Crippen molar-refractivity contribution in [3.05, 3.63) is 109 Å². The van der Waals surface area contributed by atoms with Crippen LogP contribution in [0.4, 0.5) is 0 Å². The van der Waals surface area contributed by atoms with Crippen LogP contribution in [0.3, 0.4) is 0 Å². The lowest BCUT2D eigenvalue weighted by molar-refractivity contribution is -0.167. The molecule has 6 nitrogen and oxygen atoms in total. The second-order valence-electron chi connectivity index (χ2n) is 17.8. The summed E-state index contributed by atoms with van der Waals surface area (Å²) in [7, 11) is 0. The number of carbonyl (C=O) groups excluding carboxylic acids is 3. The molecule has 0 aliphatic carbocycles. The monoisotopic (exact) mass is 929 g/mol. The van der Waals surface area contributed by atoms with Crippen LogP contribution in [0, 0.1) is 0 Å². The molecule has 0 aliphatic heterocycles. The molecule has 380 valence electrons. The summed E-state index contributed by atoms with van der Waals surface area (Å²) in [6.45, 7) is 6.40. The van der Waals surface area contributed by atoms with Gasteiger partial charge in [0.05, 0.1) is 0 Å². The van der Waals surface area contributed by atoms with Crippen LogP contribution >= 0.6 is 0 Å². The van der Waals surface area contributed by atoms with E-state index in [4.69, 9.17) is 14.2 Å². The smallest absolute Gasteiger partial charge is 0.306 e. The van der Waals surface area contributed by atoms with Crippen LogP contribution in [0.5, 0.6) is 0 Å². The number of esters is 3. The summed E-state index contributed by atoms with van der Waals surface area (Å²) in [6.07, 6.45) is 73.7. The van der Waals surface area contributed by atoms with E-state index in [1.807, 2.05) is 0 Å². The Bertz CT molecular complexity index is 1390. The normalized spacial score (nSPS) is 12.9. The molecule has 0 radical (unpaired) electrons. The van der Waals surface area contributed by atoms with E-state index in [-0.39, 0.29) is 44.0 Å². The molecular weight excluding hydrogens is 829 g/mol. The van der Waals surface area contributed by atoms with Crippen LogP contribution in [0.15, 0.2) is 109 Å². The molecule has 0 aliphatic rings. The summed E-state index contributed by atoms with van der Waals surface area (Å²) in [5, 5.41) is 0. The topological polar surface area (TPSA) is 78.9 Å². The van der Waals surface area contributed by atoms with Gasteiger partial charge in [0.1, 0.15) is 13.2 Å². The third-order valence-electron chi connectivity index (χ3n) is 11.3. The molecule has 0 aromatic rings. The highest BCUT2D eigenvalue weighted by Crippen LogP contribution is 2.15. The fraction of sp³-hybridized carbons (Fsp3) is 0.656. The zero-order valence-electron chi connectivity index (χ0n) is 43.4. The molecule has 0 aromatic heterocycles. The Labute approximate surface area is 412 Å². The number of ether oxygens (including phenoxy) is 3. The van der Waals surface area contributed by atoms with Crippen LogP contribution in [-0.2, 0) is 28.6 Å². The van der Waals surface area contributed by atoms with Gasteiger partial charge in [-0.2, -0.15) is 0 Å². The van der Waals surface area contributed by atoms with Crippen molar-refractivity contribution in [1.29, 1.82) is 0 Å². The zero-order valence-corrected chi connectivity index (χ0v) is 43.4. The molecule has 0 unspecified atom stereocenters. The predicted molar refractivity (Wildman–Crippen MR) is 288 cm³/mol. The lowest BCUT2D eigenvalue weighted by atomic mass is 10.0. The number of hydrogen-bond acceptors (Lipinski definition) is 6. The van der Waals surface area contributed by atoms with Crippen molar-refractivity contribution in [3.8, 4) is 0 Å². The van der Waals surface area contributed by atoms with Gasteiger partial charge in [0.25, 0.3) is 0 Å². The van der Waals surface area contributed by atoms with Gasteiger partial charge in [-0.3, -0.25) is 14.4 Å². The standard InChI is InChI=1S/C61H100O6/c1-4-7-10-13-16-19-22-25-28-30-33-36-39-42-45-48-51-54-60(63)66-57-58(56-65-59(62)53-50-47-44-41-38-35-32-27-24-21-18-15-12-9-6-3)67-61(64)55-52-49-46-43-40-37-34-31-29-26-23-20-17-14-11-8-5-2/h7,10,16-17,19-20,25-26,28-29,33-34,36-37,42-43,45-46,58H,4-6,8-9,11-15,18,21-24,27,30-32,35,38-41,44,47-57H2,1-3H3/b10-7-,19-16-,20-17-,28-25-,29-26-,36-33-,37-34-,45-42-,46-43-/t58-/m0/s1. The van der Waals surface area contributed by atoms with Gasteiger partial charge in [0.15, 0.2) is 6.10 Å². The maximum absolute atomic E-state index is 12.8. The Morgan fingerprint density at radius 2 is 0.597 bits per heavy atom. The molecular formula is C61H100O6. The number of allylic oxidation sites excluding steroid dienone is 18. The number of unbranched alkanes of at least 4 members (excludes halogenated alkanes) is 19. The molecule has 0 aromatic carbocycles. The summed E-state index contributed by atoms with van der Waals surface area (Å²) in [4.78, 5) is 38.0. The maximum Gasteiger partial charge on any atom is 0.306 e. The SMILES string of the molecule is CC/C=C\C/C=C\C/C=C\C/C=C\C/C=C\CCCC(=O)OC[C@H](COC(=O)CCCCCCCCCCCCCCCCC)OC(=O)CCC/C=C\C/C=C\C/C=C\C/C=C\CCCCC. The second-order valence-corrected chi connectivity index (χ2v) is 17.8. The van der Waals surface area contributed by atoms with Crippen molar-refractivity contribution in [1.82, 2.24) is 0 Å². The Morgan fingerprint density at radius 1 is 0.313 bits per heavy atom. The summed E-state index contributed by atoms with van der Waals surface area (Å²) in [5.41, 5.74) is 0. The van der Waals surface area contributed by atoms with Gasteiger partial charge in [-0.05, 0) is 96.3 Å². The van der Waals surface area contributed by atoms with Crippen LogP contribution < -0.4 is 0 Å². The highest BCUT2D eigenvalue weighted by atomic mass is 16.6. The molecule has 0 amide bonds. The molecule has 1 atom stereocenters. The van der Waals surface area contributed by atoms with Crippen molar-refractivity contribution in [2.24, 2.45) is 0 Å². The molecule has 0 bridgehead atoms. The molecule has 0 N–H and O–H groups in total. The molecule has 6 heteroatoms. The van der Waals surface area contributed by atoms with Gasteiger partial charge >= 0.3 is 17.9 Å². The fourth-order valence-electron chi connectivity index (χ4n) is 7.18. The summed E-state index contributed by atoms with van der Waals surface area (Å²) < 4.78 is 16.7. The zero-order chi connectivity index (χ0) is 48.6. The number of rotatable bonds is 48. The molecule has 0 rings (SSSR count). The molecule has 0 saturated heterocycles. The Morgan fingerprint density at radius 3 is 0.970 bits per heavy atom. The van der Waals surface area contributed by atoms with Gasteiger partial charge in [-0.1, -0.05) is 233 Å². The summed E-state index contributed by atoms with van der Waals surface area (Å²) in [6, 6.07) is 0. The van der Waals surface area contributed by atoms with E-state index in [1.165, 1.54) is 103 Å². The van der Waals surface area contributed by atoms with Crippen molar-refractivity contribution < 1.29 is 28.6 Å². The highest BCUT2D eigenvalue weighted by molar-refractivity contribution is 5.71. The van der Waals surface area contributed by atoms with E-state index in [1.54, 1.807) is 0 Å². The minimum atomic E-state index is -0.830. The van der Waals surface area contributed by atoms with Crippen molar-refractivity contribution in [2.75, 3.05) is 13.2 Å². The molecule has 67 heavy (non-hydrogen) atoms. The first-order valence-corrected chi connectivity index (χ1v) is 27.4. The molecule has 0 heterocycles. The first-order valence-electron chi connectivity index (χ1n) is 27.4. The van der Waals surface area contributed by atoms with Crippen molar-refractivity contribution >= 4 is 17.9 Å². The van der Waals surface area contributed by atoms with Gasteiger partial charge in [0, 0.05) is 19.3 Å². The lowest BCUT2D eigenvalue weighted by Gasteiger charge is -2.18. The Balaban J connectivity index is 4.57. The van der Waals surface area contributed by atoms with Crippen molar-refractivity contribution in [2.45, 2.75) is 245 Å². The summed E-state index contributed by atoms with van der Waals surface area (Å²) in [5.74, 6) is -1.04. The maximum atomic E-state index is 12.8. The molecule has 0 spiro atoms.